The summed E-state index contributed by atoms with van der Waals surface area (Å²) in [7, 11) is 0. The maximum Gasteiger partial charge on any atom is 0.321 e. The van der Waals surface area contributed by atoms with Crippen molar-refractivity contribution in [2.45, 2.75) is 0 Å². The van der Waals surface area contributed by atoms with Crippen LogP contribution in [0.15, 0.2) is 67.0 Å². The molecule has 0 unspecified atom stereocenters. The van der Waals surface area contributed by atoms with Crippen molar-refractivity contribution in [1.82, 2.24) is 15.0 Å². The summed E-state index contributed by atoms with van der Waals surface area (Å²) in [6, 6.07) is 18.0. The number of hydrogen-bond acceptors (Lipinski definition) is 5. The second-order valence-electron chi connectivity index (χ2n) is 4.64. The van der Waals surface area contributed by atoms with Crippen LogP contribution in [0.4, 0.5) is 0 Å². The third-order valence-corrected chi connectivity index (χ3v) is 4.23. The molecule has 0 radical (unpaired) electrons. The fourth-order valence-electron chi connectivity index (χ4n) is 2.10. The van der Waals surface area contributed by atoms with Gasteiger partial charge in [-0.25, -0.2) is 15.0 Å². The maximum atomic E-state index is 5.59. The van der Waals surface area contributed by atoms with Crippen LogP contribution in [0.25, 0.3) is 20.8 Å². The zero-order valence-electron chi connectivity index (χ0n) is 11.5. The number of para-hydroxylation sites is 1. The van der Waals surface area contributed by atoms with Crippen LogP contribution in [0, 0.1) is 0 Å². The predicted molar refractivity (Wildman–Crippen MR) is 87.2 cm³/mol. The molecule has 22 heavy (non-hydrogen) atoms. The van der Waals surface area contributed by atoms with E-state index in [2.05, 4.69) is 21.0 Å². The summed E-state index contributed by atoms with van der Waals surface area (Å²) in [5.41, 5.74) is 2.10. The van der Waals surface area contributed by atoms with Crippen LogP contribution in [0.5, 0.6) is 11.8 Å². The molecule has 0 aliphatic carbocycles. The maximum absolute atomic E-state index is 5.59. The molecule has 2 aromatic heterocycles. The van der Waals surface area contributed by atoms with Crippen LogP contribution >= 0.6 is 11.3 Å². The summed E-state index contributed by atoms with van der Waals surface area (Å²) < 4.78 is 6.78. The lowest BCUT2D eigenvalue weighted by molar-refractivity contribution is 0.442. The highest BCUT2D eigenvalue weighted by Gasteiger charge is 2.06. The highest BCUT2D eigenvalue weighted by atomic mass is 32.1. The summed E-state index contributed by atoms with van der Waals surface area (Å²) in [5, 5.41) is 1.00. The molecule has 0 aliphatic rings. The molecule has 0 atom stereocenters. The van der Waals surface area contributed by atoms with Gasteiger partial charge in [-0.3, -0.25) is 0 Å². The average Bonchev–Trinajstić information content (AvgIpc) is 3.00. The highest BCUT2D eigenvalue weighted by molar-refractivity contribution is 7.21. The largest absolute Gasteiger partial charge is 0.424 e. The van der Waals surface area contributed by atoms with Gasteiger partial charge in [-0.1, -0.05) is 12.1 Å². The molecule has 4 rings (SSSR count). The minimum atomic E-state index is 0.343. The van der Waals surface area contributed by atoms with E-state index in [-0.39, 0.29) is 0 Å². The van der Waals surface area contributed by atoms with Crippen LogP contribution < -0.4 is 4.74 Å². The van der Waals surface area contributed by atoms with Gasteiger partial charge in [-0.05, 0) is 42.5 Å². The number of rotatable bonds is 3. The molecule has 0 amide bonds. The average molecular weight is 305 g/mol. The van der Waals surface area contributed by atoms with E-state index < -0.39 is 0 Å². The topological polar surface area (TPSA) is 47.9 Å². The third-order valence-electron chi connectivity index (χ3n) is 3.15. The highest BCUT2D eigenvalue weighted by Crippen LogP contribution is 2.31. The molecule has 0 fully saturated rings. The summed E-state index contributed by atoms with van der Waals surface area (Å²) in [5.74, 6) is 0.705. The second-order valence-corrected chi connectivity index (χ2v) is 5.68. The molecule has 0 spiro atoms. The van der Waals surface area contributed by atoms with Crippen molar-refractivity contribution in [2.75, 3.05) is 0 Å². The Morgan fingerprint density at radius 3 is 2.36 bits per heavy atom. The summed E-state index contributed by atoms with van der Waals surface area (Å²) in [6.07, 6.45) is 3.30. The van der Waals surface area contributed by atoms with Crippen molar-refractivity contribution in [3.8, 4) is 22.3 Å². The first-order valence-corrected chi connectivity index (χ1v) is 7.61. The third kappa shape index (κ3) is 2.54. The lowest BCUT2D eigenvalue weighted by atomic mass is 10.2. The van der Waals surface area contributed by atoms with E-state index in [1.54, 1.807) is 29.8 Å². The summed E-state index contributed by atoms with van der Waals surface area (Å²) in [6.45, 7) is 0. The van der Waals surface area contributed by atoms with E-state index >= 15 is 0 Å². The van der Waals surface area contributed by atoms with Crippen molar-refractivity contribution in [3.05, 3.63) is 67.0 Å². The van der Waals surface area contributed by atoms with E-state index in [0.29, 0.717) is 11.8 Å². The number of benzene rings is 2. The van der Waals surface area contributed by atoms with Gasteiger partial charge in [0.15, 0.2) is 0 Å². The van der Waals surface area contributed by atoms with Gasteiger partial charge in [0, 0.05) is 18.0 Å². The van der Waals surface area contributed by atoms with Crippen molar-refractivity contribution < 1.29 is 4.74 Å². The minimum absolute atomic E-state index is 0.343. The lowest BCUT2D eigenvalue weighted by Crippen LogP contribution is -1.89. The van der Waals surface area contributed by atoms with Crippen molar-refractivity contribution in [2.24, 2.45) is 0 Å². The normalized spacial score (nSPS) is 10.7. The zero-order valence-corrected chi connectivity index (χ0v) is 12.3. The van der Waals surface area contributed by atoms with Gasteiger partial charge in [0.2, 0.25) is 0 Å². The van der Waals surface area contributed by atoms with E-state index in [0.717, 1.165) is 16.1 Å². The monoisotopic (exact) mass is 305 g/mol. The number of nitrogens with zero attached hydrogens (tertiary/aromatic N) is 3. The SMILES string of the molecule is c1cnc(Oc2ccc(-c3nc4ccccc4s3)cc2)nc1. The number of aromatic nitrogens is 3. The molecule has 4 aromatic rings. The van der Waals surface area contributed by atoms with E-state index in [4.69, 9.17) is 4.74 Å². The molecule has 0 N–H and O–H groups in total. The lowest BCUT2D eigenvalue weighted by Gasteiger charge is -2.03. The zero-order chi connectivity index (χ0) is 14.8. The molecule has 5 heteroatoms. The van der Waals surface area contributed by atoms with E-state index in [1.807, 2.05) is 42.5 Å². The Morgan fingerprint density at radius 2 is 1.59 bits per heavy atom. The van der Waals surface area contributed by atoms with Crippen molar-refractivity contribution in [3.63, 3.8) is 0 Å². The molecule has 4 nitrogen and oxygen atoms in total. The molecule has 0 aliphatic heterocycles. The minimum Gasteiger partial charge on any atom is -0.424 e. The van der Waals surface area contributed by atoms with Gasteiger partial charge in [0.1, 0.15) is 10.8 Å². The molecule has 106 valence electrons. The van der Waals surface area contributed by atoms with Crippen molar-refractivity contribution >= 4 is 21.6 Å². The second kappa shape index (κ2) is 5.54. The fraction of sp³-hybridized carbons (Fsp3) is 0. The first-order valence-electron chi connectivity index (χ1n) is 6.79. The standard InChI is InChI=1S/C17H11N3OS/c1-2-5-15-14(4-1)20-16(22-15)12-6-8-13(9-7-12)21-17-18-10-3-11-19-17/h1-11H. The van der Waals surface area contributed by atoms with Crippen molar-refractivity contribution in [1.29, 1.82) is 0 Å². The van der Waals surface area contributed by atoms with Crippen LogP contribution in [0.1, 0.15) is 0 Å². The first kappa shape index (κ1) is 12.9. The van der Waals surface area contributed by atoms with Crippen LogP contribution in [0.3, 0.4) is 0 Å². The summed E-state index contributed by atoms with van der Waals surface area (Å²) >= 11 is 1.68. The molecule has 2 aromatic carbocycles. The van der Waals surface area contributed by atoms with Crippen LogP contribution in [-0.2, 0) is 0 Å². The molecule has 0 bridgehead atoms. The Balaban J connectivity index is 1.61. The molecule has 0 saturated carbocycles. The number of ether oxygens (including phenoxy) is 1. The molecule has 2 heterocycles. The predicted octanol–water partition coefficient (Wildman–Crippen LogP) is 4.55. The quantitative estimate of drug-likeness (QED) is 0.557. The van der Waals surface area contributed by atoms with Gasteiger partial charge in [0.05, 0.1) is 10.2 Å². The number of thiazole rings is 1. The number of hydrogen-bond donors (Lipinski definition) is 0. The summed E-state index contributed by atoms with van der Waals surface area (Å²) in [4.78, 5) is 12.7. The van der Waals surface area contributed by atoms with Gasteiger partial charge in [-0.2, -0.15) is 0 Å². The van der Waals surface area contributed by atoms with E-state index in [1.165, 1.54) is 4.70 Å². The van der Waals surface area contributed by atoms with Crippen LogP contribution in [0.2, 0.25) is 0 Å². The Morgan fingerprint density at radius 1 is 0.818 bits per heavy atom. The smallest absolute Gasteiger partial charge is 0.321 e. The Hall–Kier alpha value is -2.79. The Labute approximate surface area is 131 Å². The molecule has 0 saturated heterocycles. The van der Waals surface area contributed by atoms with E-state index in [9.17, 15) is 0 Å². The Kier molecular flexibility index (Phi) is 3.25. The van der Waals surface area contributed by atoms with Gasteiger partial charge in [-0.15, -0.1) is 11.3 Å². The van der Waals surface area contributed by atoms with Gasteiger partial charge < -0.3 is 4.74 Å². The molecular weight excluding hydrogens is 294 g/mol. The first-order chi connectivity index (χ1) is 10.9. The van der Waals surface area contributed by atoms with Gasteiger partial charge >= 0.3 is 6.01 Å². The van der Waals surface area contributed by atoms with Gasteiger partial charge in [0.25, 0.3) is 0 Å². The number of fused-ring (bicyclic) bond motifs is 1. The van der Waals surface area contributed by atoms with Crippen LogP contribution in [-0.4, -0.2) is 15.0 Å². The molecular formula is C17H11N3OS. The Bertz CT molecular complexity index is 871. The fourth-order valence-corrected chi connectivity index (χ4v) is 3.08.